The van der Waals surface area contributed by atoms with E-state index >= 15 is 0 Å². The fourth-order valence-corrected chi connectivity index (χ4v) is 3.07. The smallest absolute Gasteiger partial charge is 0.165 e. The molecular formula is C19H17BrN2O2. The molecule has 0 bridgehead atoms. The number of rotatable bonds is 5. The molecule has 0 saturated carbocycles. The summed E-state index contributed by atoms with van der Waals surface area (Å²) >= 11 is 3.51. The van der Waals surface area contributed by atoms with E-state index in [-0.39, 0.29) is 5.78 Å². The third kappa shape index (κ3) is 3.62. The average Bonchev–Trinajstić information content (AvgIpc) is 3.02. The zero-order valence-electron chi connectivity index (χ0n) is 13.5. The Morgan fingerprint density at radius 1 is 1.17 bits per heavy atom. The predicted molar refractivity (Wildman–Crippen MR) is 96.0 cm³/mol. The van der Waals surface area contributed by atoms with E-state index in [1.54, 1.807) is 0 Å². The molecule has 0 aliphatic rings. The summed E-state index contributed by atoms with van der Waals surface area (Å²) < 4.78 is 6.33. The third-order valence-corrected chi connectivity index (χ3v) is 4.52. The van der Waals surface area contributed by atoms with Gasteiger partial charge in [-0.05, 0) is 32.0 Å². The lowest BCUT2D eigenvalue weighted by Crippen LogP contribution is -2.05. The molecule has 3 rings (SSSR count). The SMILES string of the molecule is Cc1ccc(C(=O)CCc2cc(-c3ccccc3Br)no2)c(C)n1. The van der Waals surface area contributed by atoms with Crippen LogP contribution in [0.2, 0.25) is 0 Å². The average molecular weight is 385 g/mol. The fraction of sp³-hybridized carbons (Fsp3) is 0.211. The molecule has 1 aromatic carbocycles. The van der Waals surface area contributed by atoms with E-state index < -0.39 is 0 Å². The lowest BCUT2D eigenvalue weighted by molar-refractivity contribution is 0.0979. The third-order valence-electron chi connectivity index (χ3n) is 3.83. The zero-order valence-corrected chi connectivity index (χ0v) is 15.1. The van der Waals surface area contributed by atoms with Gasteiger partial charge >= 0.3 is 0 Å². The second kappa shape index (κ2) is 7.09. The van der Waals surface area contributed by atoms with Crippen molar-refractivity contribution in [3.63, 3.8) is 0 Å². The predicted octanol–water partition coefficient (Wildman–Crippen LogP) is 4.93. The van der Waals surface area contributed by atoms with Crippen LogP contribution in [0.3, 0.4) is 0 Å². The molecule has 5 heteroatoms. The van der Waals surface area contributed by atoms with E-state index in [0.29, 0.717) is 24.2 Å². The van der Waals surface area contributed by atoms with Crippen molar-refractivity contribution in [2.45, 2.75) is 26.7 Å². The second-order valence-corrected chi connectivity index (χ2v) is 6.52. The maximum Gasteiger partial charge on any atom is 0.165 e. The molecule has 0 aliphatic heterocycles. The molecule has 2 aromatic heterocycles. The Balaban J connectivity index is 1.69. The topological polar surface area (TPSA) is 56.0 Å². The highest BCUT2D eigenvalue weighted by Crippen LogP contribution is 2.27. The summed E-state index contributed by atoms with van der Waals surface area (Å²) in [6.45, 7) is 3.78. The quantitative estimate of drug-likeness (QED) is 0.585. The van der Waals surface area contributed by atoms with E-state index in [1.807, 2.05) is 56.3 Å². The summed E-state index contributed by atoms with van der Waals surface area (Å²) in [5.74, 6) is 0.769. The first-order valence-electron chi connectivity index (χ1n) is 7.72. The van der Waals surface area contributed by atoms with Gasteiger partial charge in [0.2, 0.25) is 0 Å². The summed E-state index contributed by atoms with van der Waals surface area (Å²) in [5, 5.41) is 4.10. The molecule has 122 valence electrons. The Labute approximate surface area is 149 Å². The van der Waals surface area contributed by atoms with Crippen LogP contribution in [0.5, 0.6) is 0 Å². The van der Waals surface area contributed by atoms with Crippen LogP contribution >= 0.6 is 15.9 Å². The van der Waals surface area contributed by atoms with Crippen molar-refractivity contribution in [1.82, 2.24) is 10.1 Å². The van der Waals surface area contributed by atoms with Gasteiger partial charge in [0.05, 0.1) is 0 Å². The minimum Gasteiger partial charge on any atom is -0.361 e. The van der Waals surface area contributed by atoms with Gasteiger partial charge in [-0.3, -0.25) is 9.78 Å². The molecule has 4 nitrogen and oxygen atoms in total. The standard InChI is InChI=1S/C19H17BrN2O2/c1-12-7-9-15(13(2)21-12)19(23)10-8-14-11-18(22-24-14)16-5-3-4-6-17(16)20/h3-7,9,11H,8,10H2,1-2H3. The van der Waals surface area contributed by atoms with Gasteiger partial charge in [-0.15, -0.1) is 0 Å². The van der Waals surface area contributed by atoms with E-state index in [4.69, 9.17) is 4.52 Å². The fourth-order valence-electron chi connectivity index (χ4n) is 2.58. The number of hydrogen-bond donors (Lipinski definition) is 0. The number of hydrogen-bond acceptors (Lipinski definition) is 4. The number of pyridine rings is 1. The molecule has 0 radical (unpaired) electrons. The number of carbonyl (C=O) groups excluding carboxylic acids is 1. The molecule has 0 N–H and O–H groups in total. The molecule has 0 saturated heterocycles. The molecule has 3 aromatic rings. The maximum absolute atomic E-state index is 12.4. The van der Waals surface area contributed by atoms with Crippen molar-refractivity contribution in [1.29, 1.82) is 0 Å². The van der Waals surface area contributed by atoms with Crippen LogP contribution in [0.1, 0.15) is 33.9 Å². The molecular weight excluding hydrogens is 368 g/mol. The Bertz CT molecular complexity index is 887. The number of ketones is 1. The number of halogens is 1. The van der Waals surface area contributed by atoms with Gasteiger partial charge in [0.1, 0.15) is 11.5 Å². The van der Waals surface area contributed by atoms with Crippen LogP contribution in [0.4, 0.5) is 0 Å². The number of Topliss-reactive ketones (excluding diaryl/α,β-unsaturated/α-hetero) is 1. The highest BCUT2D eigenvalue weighted by molar-refractivity contribution is 9.10. The first-order valence-corrected chi connectivity index (χ1v) is 8.52. The van der Waals surface area contributed by atoms with Gasteiger partial charge in [-0.25, -0.2) is 0 Å². The normalized spacial score (nSPS) is 10.8. The monoisotopic (exact) mass is 384 g/mol. The molecule has 0 unspecified atom stereocenters. The van der Waals surface area contributed by atoms with Crippen molar-refractivity contribution in [2.24, 2.45) is 0 Å². The number of aryl methyl sites for hydroxylation is 3. The van der Waals surface area contributed by atoms with Gasteiger partial charge in [-0.2, -0.15) is 0 Å². The number of nitrogens with zero attached hydrogens (tertiary/aromatic N) is 2. The Hall–Kier alpha value is -2.27. The van der Waals surface area contributed by atoms with Crippen LogP contribution in [0, 0.1) is 13.8 Å². The molecule has 2 heterocycles. The zero-order chi connectivity index (χ0) is 17.1. The molecule has 24 heavy (non-hydrogen) atoms. The van der Waals surface area contributed by atoms with Crippen molar-refractivity contribution < 1.29 is 9.32 Å². The van der Waals surface area contributed by atoms with E-state index in [2.05, 4.69) is 26.1 Å². The van der Waals surface area contributed by atoms with Gasteiger partial charge < -0.3 is 4.52 Å². The van der Waals surface area contributed by atoms with Gasteiger partial charge in [0.15, 0.2) is 5.78 Å². The summed E-state index contributed by atoms with van der Waals surface area (Å²) in [7, 11) is 0. The minimum atomic E-state index is 0.0684. The lowest BCUT2D eigenvalue weighted by atomic mass is 10.0. The Kier molecular flexibility index (Phi) is 4.90. The molecule has 0 fully saturated rings. The maximum atomic E-state index is 12.4. The minimum absolute atomic E-state index is 0.0684. The van der Waals surface area contributed by atoms with Crippen LogP contribution in [-0.2, 0) is 6.42 Å². The van der Waals surface area contributed by atoms with Crippen LogP contribution < -0.4 is 0 Å². The molecule has 0 atom stereocenters. The first-order chi connectivity index (χ1) is 11.5. The summed E-state index contributed by atoms with van der Waals surface area (Å²) in [6, 6.07) is 13.4. The highest BCUT2D eigenvalue weighted by Gasteiger charge is 2.13. The number of aromatic nitrogens is 2. The van der Waals surface area contributed by atoms with E-state index in [9.17, 15) is 4.79 Å². The summed E-state index contributed by atoms with van der Waals surface area (Å²) in [4.78, 5) is 16.7. The Morgan fingerprint density at radius 2 is 1.96 bits per heavy atom. The van der Waals surface area contributed by atoms with Crippen molar-refractivity contribution in [2.75, 3.05) is 0 Å². The first kappa shape index (κ1) is 16.6. The number of carbonyl (C=O) groups is 1. The lowest BCUT2D eigenvalue weighted by Gasteiger charge is -2.04. The van der Waals surface area contributed by atoms with Crippen molar-refractivity contribution in [3.8, 4) is 11.3 Å². The van der Waals surface area contributed by atoms with Gasteiger partial charge in [0, 0.05) is 45.9 Å². The van der Waals surface area contributed by atoms with Crippen molar-refractivity contribution >= 4 is 21.7 Å². The van der Waals surface area contributed by atoms with Crippen molar-refractivity contribution in [3.05, 3.63) is 69.6 Å². The van der Waals surface area contributed by atoms with Crippen LogP contribution in [-0.4, -0.2) is 15.9 Å². The Morgan fingerprint density at radius 3 is 2.71 bits per heavy atom. The number of benzene rings is 1. The largest absolute Gasteiger partial charge is 0.361 e. The van der Waals surface area contributed by atoms with Gasteiger partial charge in [-0.1, -0.05) is 39.3 Å². The van der Waals surface area contributed by atoms with E-state index in [0.717, 1.165) is 27.1 Å². The molecule has 0 spiro atoms. The second-order valence-electron chi connectivity index (χ2n) is 5.67. The van der Waals surface area contributed by atoms with Crippen LogP contribution in [0.25, 0.3) is 11.3 Å². The summed E-state index contributed by atoms with van der Waals surface area (Å²) in [6.07, 6.45) is 0.889. The highest BCUT2D eigenvalue weighted by atomic mass is 79.9. The molecule has 0 aliphatic carbocycles. The summed E-state index contributed by atoms with van der Waals surface area (Å²) in [5.41, 5.74) is 4.09. The molecule has 0 amide bonds. The van der Waals surface area contributed by atoms with Crippen LogP contribution in [0.15, 0.2) is 51.5 Å². The van der Waals surface area contributed by atoms with Gasteiger partial charge in [0.25, 0.3) is 0 Å². The van der Waals surface area contributed by atoms with E-state index in [1.165, 1.54) is 0 Å².